The number of benzene rings is 1. The second-order valence-corrected chi connectivity index (χ2v) is 4.92. The van der Waals surface area contributed by atoms with Crippen LogP contribution in [0.2, 0.25) is 5.02 Å². The van der Waals surface area contributed by atoms with Gasteiger partial charge in [-0.05, 0) is 46.6 Å². The van der Waals surface area contributed by atoms with E-state index in [0.717, 1.165) is 10.0 Å². The molecule has 0 aliphatic carbocycles. The summed E-state index contributed by atoms with van der Waals surface area (Å²) in [5.41, 5.74) is 1.32. The molecule has 0 atom stereocenters. The fourth-order valence-corrected chi connectivity index (χ4v) is 2.05. The zero-order valence-electron chi connectivity index (χ0n) is 8.97. The van der Waals surface area contributed by atoms with E-state index in [1.165, 1.54) is 6.07 Å². The smallest absolute Gasteiger partial charge is 0.149 e. The van der Waals surface area contributed by atoms with Crippen molar-refractivity contribution in [3.05, 3.63) is 51.3 Å². The molecule has 88 valence electrons. The van der Waals surface area contributed by atoms with Crippen molar-refractivity contribution in [3.8, 4) is 0 Å². The Morgan fingerprint density at radius 3 is 2.82 bits per heavy atom. The Morgan fingerprint density at radius 1 is 1.35 bits per heavy atom. The fourth-order valence-electron chi connectivity index (χ4n) is 1.37. The maximum atomic E-state index is 13.5. The Bertz CT molecular complexity index is 560. The Labute approximate surface area is 112 Å². The zero-order valence-corrected chi connectivity index (χ0v) is 11.3. The van der Waals surface area contributed by atoms with Gasteiger partial charge in [0.15, 0.2) is 0 Å². The summed E-state index contributed by atoms with van der Waals surface area (Å²) in [4.78, 5) is 4.09. The molecule has 0 aliphatic rings. The molecule has 2 rings (SSSR count). The van der Waals surface area contributed by atoms with E-state index in [1.807, 2.05) is 6.92 Å². The largest absolute Gasteiger partial charge is 0.337 e. The van der Waals surface area contributed by atoms with Crippen LogP contribution in [0.25, 0.3) is 0 Å². The molecule has 0 spiro atoms. The molecule has 2 nitrogen and oxygen atoms in total. The number of halogens is 3. The Hall–Kier alpha value is -1.13. The summed E-state index contributed by atoms with van der Waals surface area (Å²) in [5.74, 6) is 0.0933. The third-order valence-corrected chi connectivity index (χ3v) is 2.90. The minimum atomic E-state index is -0.337. The van der Waals surface area contributed by atoms with Gasteiger partial charge in [-0.15, -0.1) is 0 Å². The average molecular weight is 316 g/mol. The Balaban J connectivity index is 2.34. The Morgan fingerprint density at radius 2 is 2.12 bits per heavy atom. The second kappa shape index (κ2) is 5.02. The number of anilines is 2. The van der Waals surface area contributed by atoms with Crippen molar-refractivity contribution in [2.45, 2.75) is 6.92 Å². The first-order valence-electron chi connectivity index (χ1n) is 4.90. The highest BCUT2D eigenvalue weighted by Crippen LogP contribution is 2.27. The van der Waals surface area contributed by atoms with Crippen molar-refractivity contribution in [2.75, 3.05) is 5.32 Å². The molecule has 5 heteroatoms. The summed E-state index contributed by atoms with van der Waals surface area (Å²) in [7, 11) is 0. The second-order valence-electron chi connectivity index (χ2n) is 3.59. The molecule has 0 amide bonds. The van der Waals surface area contributed by atoms with Crippen LogP contribution in [0.3, 0.4) is 0 Å². The highest BCUT2D eigenvalue weighted by molar-refractivity contribution is 9.10. The molecule has 1 aromatic carbocycles. The fraction of sp³-hybridized carbons (Fsp3) is 0.0833. The monoisotopic (exact) mass is 314 g/mol. The van der Waals surface area contributed by atoms with Gasteiger partial charge in [0, 0.05) is 10.7 Å². The first-order chi connectivity index (χ1) is 8.06. The van der Waals surface area contributed by atoms with Crippen LogP contribution < -0.4 is 5.32 Å². The first-order valence-corrected chi connectivity index (χ1v) is 6.07. The number of aryl methyl sites for hydroxylation is 1. The van der Waals surface area contributed by atoms with E-state index in [1.54, 1.807) is 24.4 Å². The topological polar surface area (TPSA) is 24.9 Å². The van der Waals surface area contributed by atoms with Crippen LogP contribution in [0.5, 0.6) is 0 Å². The van der Waals surface area contributed by atoms with Crippen LogP contribution in [-0.4, -0.2) is 4.98 Å². The van der Waals surface area contributed by atoms with Gasteiger partial charge in [0.05, 0.1) is 10.7 Å². The van der Waals surface area contributed by atoms with Crippen molar-refractivity contribution in [2.24, 2.45) is 0 Å². The molecule has 1 heterocycles. The van der Waals surface area contributed by atoms with Crippen LogP contribution in [0.1, 0.15) is 5.56 Å². The standard InChI is InChI=1S/C12H9BrClFN2/c1-7-2-3-10(15)11(4-7)17-12-9(14)5-8(13)6-16-12/h2-6H,1H3,(H,16,17). The summed E-state index contributed by atoms with van der Waals surface area (Å²) in [6, 6.07) is 6.52. The number of nitrogens with one attached hydrogen (secondary N) is 1. The molecule has 2 aromatic rings. The van der Waals surface area contributed by atoms with Gasteiger partial charge >= 0.3 is 0 Å². The molecule has 0 saturated carbocycles. The quantitative estimate of drug-likeness (QED) is 0.869. The van der Waals surface area contributed by atoms with Crippen LogP contribution in [0.15, 0.2) is 34.9 Å². The molecular weight excluding hydrogens is 307 g/mol. The lowest BCUT2D eigenvalue weighted by Crippen LogP contribution is -1.97. The molecule has 1 N–H and O–H groups in total. The molecule has 17 heavy (non-hydrogen) atoms. The highest BCUT2D eigenvalue weighted by atomic mass is 79.9. The molecule has 1 aromatic heterocycles. The lowest BCUT2D eigenvalue weighted by atomic mass is 10.2. The van der Waals surface area contributed by atoms with E-state index in [9.17, 15) is 4.39 Å². The van der Waals surface area contributed by atoms with E-state index in [2.05, 4.69) is 26.2 Å². The van der Waals surface area contributed by atoms with Gasteiger partial charge in [0.1, 0.15) is 11.6 Å². The predicted octanol–water partition coefficient (Wildman–Crippen LogP) is 4.69. The van der Waals surface area contributed by atoms with Crippen LogP contribution in [0.4, 0.5) is 15.9 Å². The average Bonchev–Trinajstić information content (AvgIpc) is 2.27. The number of nitrogens with zero attached hydrogens (tertiary/aromatic N) is 1. The van der Waals surface area contributed by atoms with E-state index in [4.69, 9.17) is 11.6 Å². The van der Waals surface area contributed by atoms with Crippen LogP contribution in [-0.2, 0) is 0 Å². The lowest BCUT2D eigenvalue weighted by Gasteiger charge is -2.09. The molecule has 0 saturated heterocycles. The van der Waals surface area contributed by atoms with Crippen LogP contribution >= 0.6 is 27.5 Å². The Kier molecular flexibility index (Phi) is 3.64. The molecule has 0 aliphatic heterocycles. The SMILES string of the molecule is Cc1ccc(F)c(Nc2ncc(Br)cc2Cl)c1. The summed E-state index contributed by atoms with van der Waals surface area (Å²) >= 11 is 9.25. The molecule has 0 radical (unpaired) electrons. The molecule has 0 bridgehead atoms. The van der Waals surface area contributed by atoms with Crippen molar-refractivity contribution < 1.29 is 4.39 Å². The number of aromatic nitrogens is 1. The molecular formula is C12H9BrClFN2. The highest BCUT2D eigenvalue weighted by Gasteiger charge is 2.07. The summed E-state index contributed by atoms with van der Waals surface area (Å²) in [6.07, 6.45) is 1.60. The van der Waals surface area contributed by atoms with Gasteiger partial charge in [-0.25, -0.2) is 9.37 Å². The van der Waals surface area contributed by atoms with Gasteiger partial charge in [-0.2, -0.15) is 0 Å². The van der Waals surface area contributed by atoms with Gasteiger partial charge < -0.3 is 5.32 Å². The number of hydrogen-bond acceptors (Lipinski definition) is 2. The summed E-state index contributed by atoms with van der Waals surface area (Å²) in [6.45, 7) is 1.89. The van der Waals surface area contributed by atoms with Gasteiger partial charge in [-0.1, -0.05) is 17.7 Å². The van der Waals surface area contributed by atoms with E-state index in [0.29, 0.717) is 16.5 Å². The van der Waals surface area contributed by atoms with Crippen LogP contribution in [0, 0.1) is 12.7 Å². The van der Waals surface area contributed by atoms with E-state index < -0.39 is 0 Å². The molecule has 0 fully saturated rings. The van der Waals surface area contributed by atoms with E-state index >= 15 is 0 Å². The predicted molar refractivity (Wildman–Crippen MR) is 71.4 cm³/mol. The maximum absolute atomic E-state index is 13.5. The summed E-state index contributed by atoms with van der Waals surface area (Å²) in [5, 5.41) is 3.30. The van der Waals surface area contributed by atoms with E-state index in [-0.39, 0.29) is 5.82 Å². The number of rotatable bonds is 2. The maximum Gasteiger partial charge on any atom is 0.149 e. The van der Waals surface area contributed by atoms with Gasteiger partial charge in [0.2, 0.25) is 0 Å². The number of hydrogen-bond donors (Lipinski definition) is 1. The molecule has 0 unspecified atom stereocenters. The van der Waals surface area contributed by atoms with Crippen molar-refractivity contribution >= 4 is 39.0 Å². The lowest BCUT2D eigenvalue weighted by molar-refractivity contribution is 0.631. The minimum Gasteiger partial charge on any atom is -0.337 e. The van der Waals surface area contributed by atoms with Crippen molar-refractivity contribution in [1.29, 1.82) is 0 Å². The third-order valence-electron chi connectivity index (χ3n) is 2.18. The third kappa shape index (κ3) is 2.96. The minimum absolute atomic E-state index is 0.337. The van der Waals surface area contributed by atoms with Crippen molar-refractivity contribution in [3.63, 3.8) is 0 Å². The summed E-state index contributed by atoms with van der Waals surface area (Å²) < 4.78 is 14.3. The van der Waals surface area contributed by atoms with Crippen molar-refractivity contribution in [1.82, 2.24) is 4.98 Å². The number of pyridine rings is 1. The van der Waals surface area contributed by atoms with Gasteiger partial charge in [-0.3, -0.25) is 0 Å². The zero-order chi connectivity index (χ0) is 12.4. The van der Waals surface area contributed by atoms with Gasteiger partial charge in [0.25, 0.3) is 0 Å². The first kappa shape index (κ1) is 12.3. The normalized spacial score (nSPS) is 10.4.